The molecule has 3 rings (SSSR count). The third-order valence-corrected chi connectivity index (χ3v) is 6.88. The van der Waals surface area contributed by atoms with E-state index in [0.29, 0.717) is 24.5 Å². The normalized spacial score (nSPS) is 17.7. The zero-order chi connectivity index (χ0) is 19.9. The quantitative estimate of drug-likeness (QED) is 0.464. The van der Waals surface area contributed by atoms with Crippen LogP contribution in [0.3, 0.4) is 0 Å². The molecule has 0 aromatic carbocycles. The van der Waals surface area contributed by atoms with Crippen molar-refractivity contribution >= 4 is 35.2 Å². The summed E-state index contributed by atoms with van der Waals surface area (Å²) in [6, 6.07) is 1.13. The van der Waals surface area contributed by atoms with Gasteiger partial charge in [-0.3, -0.25) is 0 Å². The molecule has 0 saturated carbocycles. The molecule has 1 aliphatic heterocycles. The Morgan fingerprint density at radius 2 is 1.93 bits per heavy atom. The van der Waals surface area contributed by atoms with Crippen molar-refractivity contribution in [2.75, 3.05) is 19.8 Å². The van der Waals surface area contributed by atoms with Gasteiger partial charge in [0.2, 0.25) is 5.79 Å². The van der Waals surface area contributed by atoms with Gasteiger partial charge < -0.3 is 18.8 Å². The first kappa shape index (κ1) is 20.9. The molecule has 27 heavy (non-hydrogen) atoms. The fourth-order valence-electron chi connectivity index (χ4n) is 3.32. The Morgan fingerprint density at radius 3 is 2.52 bits per heavy atom. The van der Waals surface area contributed by atoms with Gasteiger partial charge in [-0.25, -0.2) is 9.97 Å². The van der Waals surface area contributed by atoms with Crippen LogP contribution in [-0.2, 0) is 26.7 Å². The summed E-state index contributed by atoms with van der Waals surface area (Å²) in [6.45, 7) is 15.8. The SMILES string of the molecule is CC(C)(C)C1(c2cn(COCC[Si](C)(C)C)c3ncc(Br)nc23)OCCO1. The predicted octanol–water partition coefficient (Wildman–Crippen LogP) is 4.75. The van der Waals surface area contributed by atoms with Crippen LogP contribution in [0.5, 0.6) is 0 Å². The van der Waals surface area contributed by atoms with Gasteiger partial charge in [0.05, 0.1) is 25.0 Å². The molecule has 2 aromatic rings. The van der Waals surface area contributed by atoms with Crippen molar-refractivity contribution in [3.8, 4) is 0 Å². The molecule has 0 atom stereocenters. The number of nitrogens with zero attached hydrogens (tertiary/aromatic N) is 3. The molecule has 0 N–H and O–H groups in total. The number of ether oxygens (including phenoxy) is 3. The fraction of sp³-hybridized carbons (Fsp3) is 0.684. The lowest BCUT2D eigenvalue weighted by atomic mass is 9.81. The van der Waals surface area contributed by atoms with Gasteiger partial charge in [-0.2, -0.15) is 0 Å². The maximum atomic E-state index is 6.17. The van der Waals surface area contributed by atoms with Crippen LogP contribution in [0.1, 0.15) is 26.3 Å². The van der Waals surface area contributed by atoms with E-state index in [1.165, 1.54) is 0 Å². The largest absolute Gasteiger partial charge is 0.361 e. The van der Waals surface area contributed by atoms with Crippen LogP contribution in [0, 0.1) is 5.41 Å². The summed E-state index contributed by atoms with van der Waals surface area (Å²) in [5, 5.41) is 0. The van der Waals surface area contributed by atoms with E-state index < -0.39 is 13.9 Å². The van der Waals surface area contributed by atoms with Crippen molar-refractivity contribution in [1.82, 2.24) is 14.5 Å². The molecular formula is C19H30BrN3O3Si. The Morgan fingerprint density at radius 1 is 1.26 bits per heavy atom. The molecule has 0 radical (unpaired) electrons. The second-order valence-corrected chi connectivity index (χ2v) is 15.7. The van der Waals surface area contributed by atoms with Crippen molar-refractivity contribution in [1.29, 1.82) is 0 Å². The van der Waals surface area contributed by atoms with Gasteiger partial charge in [-0.15, -0.1) is 0 Å². The van der Waals surface area contributed by atoms with Gasteiger partial charge >= 0.3 is 0 Å². The minimum Gasteiger partial charge on any atom is -0.361 e. The maximum Gasteiger partial charge on any atom is 0.203 e. The van der Waals surface area contributed by atoms with Crippen molar-refractivity contribution in [3.63, 3.8) is 0 Å². The van der Waals surface area contributed by atoms with Crippen LogP contribution < -0.4 is 0 Å². The van der Waals surface area contributed by atoms with Crippen LogP contribution in [0.2, 0.25) is 25.7 Å². The molecule has 1 aliphatic rings. The van der Waals surface area contributed by atoms with E-state index in [1.54, 1.807) is 6.20 Å². The van der Waals surface area contributed by atoms with E-state index in [-0.39, 0.29) is 5.41 Å². The van der Waals surface area contributed by atoms with Crippen molar-refractivity contribution in [3.05, 3.63) is 22.6 Å². The molecule has 1 fully saturated rings. The fourth-order valence-corrected chi connectivity index (χ4v) is 4.35. The summed E-state index contributed by atoms with van der Waals surface area (Å²) in [7, 11) is -1.12. The maximum absolute atomic E-state index is 6.17. The molecule has 0 unspecified atom stereocenters. The van der Waals surface area contributed by atoms with Crippen LogP contribution in [0.15, 0.2) is 17.0 Å². The minimum atomic E-state index is -1.12. The zero-order valence-corrected chi connectivity index (χ0v) is 19.7. The Kier molecular flexibility index (Phi) is 5.85. The average molecular weight is 456 g/mol. The van der Waals surface area contributed by atoms with Crippen LogP contribution in [0.25, 0.3) is 11.2 Å². The third-order valence-electron chi connectivity index (χ3n) is 4.80. The van der Waals surface area contributed by atoms with Crippen molar-refractivity contribution < 1.29 is 14.2 Å². The van der Waals surface area contributed by atoms with E-state index in [9.17, 15) is 0 Å². The first-order valence-corrected chi connectivity index (χ1v) is 13.9. The summed E-state index contributed by atoms with van der Waals surface area (Å²) >= 11 is 3.45. The summed E-state index contributed by atoms with van der Waals surface area (Å²) in [4.78, 5) is 9.28. The van der Waals surface area contributed by atoms with E-state index in [2.05, 4.69) is 61.3 Å². The lowest BCUT2D eigenvalue weighted by Gasteiger charge is -2.39. The molecule has 2 aromatic heterocycles. The van der Waals surface area contributed by atoms with Crippen LogP contribution in [0.4, 0.5) is 0 Å². The van der Waals surface area contributed by atoms with Crippen molar-refractivity contribution in [2.45, 2.75) is 59.0 Å². The van der Waals surface area contributed by atoms with Crippen LogP contribution in [-0.4, -0.2) is 42.4 Å². The van der Waals surface area contributed by atoms with Gasteiger partial charge in [-0.1, -0.05) is 40.4 Å². The first-order valence-electron chi connectivity index (χ1n) is 9.41. The van der Waals surface area contributed by atoms with Gasteiger partial charge in [0.15, 0.2) is 5.65 Å². The molecular weight excluding hydrogens is 426 g/mol. The average Bonchev–Trinajstić information content (AvgIpc) is 3.15. The Bertz CT molecular complexity index is 805. The highest BCUT2D eigenvalue weighted by Gasteiger charge is 2.51. The molecule has 6 nitrogen and oxygen atoms in total. The topological polar surface area (TPSA) is 58.4 Å². The van der Waals surface area contributed by atoms with E-state index in [1.807, 2.05) is 10.8 Å². The van der Waals surface area contributed by atoms with E-state index in [0.717, 1.165) is 29.4 Å². The Hall–Kier alpha value is -0.803. The van der Waals surface area contributed by atoms with Gasteiger partial charge in [-0.05, 0) is 22.0 Å². The number of fused-ring (bicyclic) bond motifs is 1. The number of rotatable bonds is 6. The standard InChI is InChI=1S/C19H30BrN3O3Si/c1-18(2,3)19(25-7-8-26-19)14-12-23(13-24-9-10-27(4,5)6)17-16(14)22-15(20)11-21-17/h11-12H,7-10,13H2,1-6H3. The van der Waals surface area contributed by atoms with Gasteiger partial charge in [0.25, 0.3) is 0 Å². The van der Waals surface area contributed by atoms with Gasteiger partial charge in [0, 0.05) is 26.3 Å². The predicted molar refractivity (Wildman–Crippen MR) is 112 cm³/mol. The third kappa shape index (κ3) is 4.29. The van der Waals surface area contributed by atoms with E-state index in [4.69, 9.17) is 19.2 Å². The summed E-state index contributed by atoms with van der Waals surface area (Å²) in [5.41, 5.74) is 2.22. The Balaban J connectivity index is 1.97. The lowest BCUT2D eigenvalue weighted by molar-refractivity contribution is -0.231. The minimum absolute atomic E-state index is 0.259. The molecule has 8 heteroatoms. The highest BCUT2D eigenvalue weighted by molar-refractivity contribution is 9.10. The summed E-state index contributed by atoms with van der Waals surface area (Å²) < 4.78 is 21.0. The van der Waals surface area contributed by atoms with Crippen LogP contribution >= 0.6 is 15.9 Å². The summed E-state index contributed by atoms with van der Waals surface area (Å²) in [6.07, 6.45) is 3.74. The van der Waals surface area contributed by atoms with Gasteiger partial charge in [0.1, 0.15) is 16.9 Å². The second-order valence-electron chi connectivity index (χ2n) is 9.29. The van der Waals surface area contributed by atoms with E-state index >= 15 is 0 Å². The molecule has 3 heterocycles. The second kappa shape index (κ2) is 7.55. The number of aromatic nitrogens is 3. The Labute approximate surface area is 170 Å². The first-order chi connectivity index (χ1) is 12.5. The number of hydrogen-bond acceptors (Lipinski definition) is 5. The molecule has 0 bridgehead atoms. The zero-order valence-electron chi connectivity index (χ0n) is 17.1. The molecule has 0 aliphatic carbocycles. The smallest absolute Gasteiger partial charge is 0.203 e. The van der Waals surface area contributed by atoms with Crippen molar-refractivity contribution in [2.24, 2.45) is 5.41 Å². The highest BCUT2D eigenvalue weighted by atomic mass is 79.9. The molecule has 150 valence electrons. The highest BCUT2D eigenvalue weighted by Crippen LogP contribution is 2.48. The molecule has 1 saturated heterocycles. The molecule has 0 amide bonds. The monoisotopic (exact) mass is 455 g/mol. The number of halogens is 1. The summed E-state index contributed by atoms with van der Waals surface area (Å²) in [5.74, 6) is -0.843. The lowest BCUT2D eigenvalue weighted by Crippen LogP contribution is -2.41. The number of hydrogen-bond donors (Lipinski definition) is 0. The molecule has 0 spiro atoms.